The van der Waals surface area contributed by atoms with Crippen molar-refractivity contribution < 1.29 is 14.3 Å². The van der Waals surface area contributed by atoms with Gasteiger partial charge in [0.05, 0.1) is 5.56 Å². The molecule has 0 aromatic heterocycles. The number of benzene rings is 2. The van der Waals surface area contributed by atoms with E-state index in [1.807, 2.05) is 30.3 Å². The van der Waals surface area contributed by atoms with Crippen LogP contribution in [-0.2, 0) is 16.0 Å². The third-order valence-corrected chi connectivity index (χ3v) is 3.04. The number of ether oxygens (including phenoxy) is 1. The summed E-state index contributed by atoms with van der Waals surface area (Å²) in [5, 5.41) is 2.71. The summed E-state index contributed by atoms with van der Waals surface area (Å²) >= 11 is 0. The van der Waals surface area contributed by atoms with Crippen LogP contribution in [0.4, 0.5) is 5.69 Å². The van der Waals surface area contributed by atoms with E-state index < -0.39 is 5.97 Å². The molecule has 3 N–H and O–H groups in total. The third kappa shape index (κ3) is 4.94. The van der Waals surface area contributed by atoms with E-state index in [1.165, 1.54) is 6.07 Å². The molecule has 0 atom stereocenters. The molecule has 114 valence electrons. The van der Waals surface area contributed by atoms with E-state index in [4.69, 9.17) is 10.5 Å². The van der Waals surface area contributed by atoms with Crippen molar-refractivity contribution in [2.75, 3.05) is 18.9 Å². The van der Waals surface area contributed by atoms with Gasteiger partial charge in [-0.15, -0.1) is 0 Å². The SMILES string of the molecule is Nc1cccc(C(=O)OCC(=O)NCCc2ccccc2)c1. The van der Waals surface area contributed by atoms with Gasteiger partial charge in [0.1, 0.15) is 0 Å². The maximum Gasteiger partial charge on any atom is 0.338 e. The lowest BCUT2D eigenvalue weighted by atomic mass is 10.1. The van der Waals surface area contributed by atoms with Crippen molar-refractivity contribution in [1.29, 1.82) is 0 Å². The summed E-state index contributed by atoms with van der Waals surface area (Å²) in [7, 11) is 0. The molecule has 5 nitrogen and oxygen atoms in total. The van der Waals surface area contributed by atoms with E-state index in [0.29, 0.717) is 17.8 Å². The van der Waals surface area contributed by atoms with E-state index in [-0.39, 0.29) is 12.5 Å². The van der Waals surface area contributed by atoms with Crippen molar-refractivity contribution in [2.45, 2.75) is 6.42 Å². The highest BCUT2D eigenvalue weighted by Crippen LogP contribution is 2.07. The zero-order valence-corrected chi connectivity index (χ0v) is 12.1. The minimum atomic E-state index is -0.564. The molecule has 2 aromatic rings. The number of anilines is 1. The smallest absolute Gasteiger partial charge is 0.338 e. The van der Waals surface area contributed by atoms with Crippen molar-refractivity contribution in [3.8, 4) is 0 Å². The summed E-state index contributed by atoms with van der Waals surface area (Å²) in [6.07, 6.45) is 0.732. The van der Waals surface area contributed by atoms with Gasteiger partial charge in [-0.3, -0.25) is 4.79 Å². The van der Waals surface area contributed by atoms with Gasteiger partial charge >= 0.3 is 5.97 Å². The molecule has 0 saturated heterocycles. The molecule has 0 aliphatic carbocycles. The Kier molecular flexibility index (Phi) is 5.54. The molecule has 0 radical (unpaired) electrons. The molecule has 0 aliphatic rings. The predicted molar refractivity (Wildman–Crippen MR) is 84.3 cm³/mol. The second-order valence-corrected chi connectivity index (χ2v) is 4.79. The molecule has 0 aliphatic heterocycles. The van der Waals surface area contributed by atoms with Crippen molar-refractivity contribution in [1.82, 2.24) is 5.32 Å². The number of nitrogens with two attached hydrogens (primary N) is 1. The predicted octanol–water partition coefficient (Wildman–Crippen LogP) is 1.78. The van der Waals surface area contributed by atoms with Crippen LogP contribution in [0, 0.1) is 0 Å². The molecule has 2 rings (SSSR count). The summed E-state index contributed by atoms with van der Waals surface area (Å²) in [6, 6.07) is 16.3. The second kappa shape index (κ2) is 7.83. The van der Waals surface area contributed by atoms with Crippen molar-refractivity contribution >= 4 is 17.6 Å². The Bertz CT molecular complexity index is 641. The van der Waals surface area contributed by atoms with Gasteiger partial charge < -0.3 is 15.8 Å². The quantitative estimate of drug-likeness (QED) is 0.629. The fraction of sp³-hybridized carbons (Fsp3) is 0.176. The van der Waals surface area contributed by atoms with Crippen LogP contribution < -0.4 is 11.1 Å². The first-order chi connectivity index (χ1) is 10.6. The molecule has 0 unspecified atom stereocenters. The summed E-state index contributed by atoms with van der Waals surface area (Å²) < 4.78 is 4.94. The van der Waals surface area contributed by atoms with Crippen molar-refractivity contribution in [3.05, 3.63) is 65.7 Å². The Morgan fingerprint density at radius 1 is 1.05 bits per heavy atom. The van der Waals surface area contributed by atoms with Crippen LogP contribution in [0.3, 0.4) is 0 Å². The lowest BCUT2D eigenvalue weighted by Crippen LogP contribution is -2.30. The second-order valence-electron chi connectivity index (χ2n) is 4.79. The molecular weight excluding hydrogens is 280 g/mol. The van der Waals surface area contributed by atoms with E-state index in [9.17, 15) is 9.59 Å². The number of hydrogen-bond acceptors (Lipinski definition) is 4. The Hall–Kier alpha value is -2.82. The Labute approximate surface area is 129 Å². The van der Waals surface area contributed by atoms with Crippen LogP contribution in [0.25, 0.3) is 0 Å². The number of nitrogen functional groups attached to an aromatic ring is 1. The normalized spacial score (nSPS) is 10.0. The fourth-order valence-corrected chi connectivity index (χ4v) is 1.92. The van der Waals surface area contributed by atoms with Crippen LogP contribution in [0.1, 0.15) is 15.9 Å². The van der Waals surface area contributed by atoms with Gasteiger partial charge in [-0.1, -0.05) is 36.4 Å². The van der Waals surface area contributed by atoms with Gasteiger partial charge in [0.2, 0.25) is 0 Å². The highest BCUT2D eigenvalue weighted by Gasteiger charge is 2.10. The molecule has 5 heteroatoms. The summed E-state index contributed by atoms with van der Waals surface area (Å²) in [5.74, 6) is -0.890. The minimum absolute atomic E-state index is 0.303. The average Bonchev–Trinajstić information content (AvgIpc) is 2.53. The van der Waals surface area contributed by atoms with E-state index in [2.05, 4.69) is 5.32 Å². The Balaban J connectivity index is 1.70. The number of amides is 1. The molecule has 1 amide bonds. The Morgan fingerprint density at radius 3 is 2.55 bits per heavy atom. The standard InChI is InChI=1S/C17H18N2O3/c18-15-8-4-7-14(11-15)17(21)22-12-16(20)19-10-9-13-5-2-1-3-6-13/h1-8,11H,9-10,12,18H2,(H,19,20). The zero-order chi connectivity index (χ0) is 15.8. The van der Waals surface area contributed by atoms with E-state index >= 15 is 0 Å². The monoisotopic (exact) mass is 298 g/mol. The first-order valence-corrected chi connectivity index (χ1v) is 6.98. The largest absolute Gasteiger partial charge is 0.452 e. The number of carbonyl (C=O) groups excluding carboxylic acids is 2. The first kappa shape index (κ1) is 15.6. The molecule has 0 bridgehead atoms. The molecule has 0 saturated carbocycles. The molecular formula is C17H18N2O3. The van der Waals surface area contributed by atoms with E-state index in [0.717, 1.165) is 12.0 Å². The van der Waals surface area contributed by atoms with Gasteiger partial charge in [-0.05, 0) is 30.2 Å². The number of nitrogens with one attached hydrogen (secondary N) is 1. The number of esters is 1. The number of carbonyl (C=O) groups is 2. The third-order valence-electron chi connectivity index (χ3n) is 3.04. The molecule has 0 heterocycles. The fourth-order valence-electron chi connectivity index (χ4n) is 1.92. The summed E-state index contributed by atoms with van der Waals surface area (Å²) in [5.41, 5.74) is 7.53. The lowest BCUT2D eigenvalue weighted by Gasteiger charge is -2.07. The van der Waals surface area contributed by atoms with Crippen LogP contribution in [-0.4, -0.2) is 25.0 Å². The van der Waals surface area contributed by atoms with Crippen LogP contribution in [0.2, 0.25) is 0 Å². The van der Waals surface area contributed by atoms with Gasteiger partial charge in [0, 0.05) is 12.2 Å². The first-order valence-electron chi connectivity index (χ1n) is 6.98. The lowest BCUT2D eigenvalue weighted by molar-refractivity contribution is -0.124. The van der Waals surface area contributed by atoms with Gasteiger partial charge in [0.15, 0.2) is 6.61 Å². The highest BCUT2D eigenvalue weighted by atomic mass is 16.5. The van der Waals surface area contributed by atoms with Crippen LogP contribution in [0.15, 0.2) is 54.6 Å². The average molecular weight is 298 g/mol. The highest BCUT2D eigenvalue weighted by molar-refractivity contribution is 5.92. The zero-order valence-electron chi connectivity index (χ0n) is 12.1. The summed E-state index contributed by atoms with van der Waals surface area (Å²) in [4.78, 5) is 23.4. The van der Waals surface area contributed by atoms with Gasteiger partial charge in [0.25, 0.3) is 5.91 Å². The van der Waals surface area contributed by atoms with Crippen molar-refractivity contribution in [3.63, 3.8) is 0 Å². The van der Waals surface area contributed by atoms with Gasteiger partial charge in [-0.2, -0.15) is 0 Å². The van der Waals surface area contributed by atoms with Crippen molar-refractivity contribution in [2.24, 2.45) is 0 Å². The minimum Gasteiger partial charge on any atom is -0.452 e. The topological polar surface area (TPSA) is 81.4 Å². The van der Waals surface area contributed by atoms with E-state index in [1.54, 1.807) is 18.2 Å². The molecule has 0 fully saturated rings. The molecule has 0 spiro atoms. The summed E-state index contributed by atoms with van der Waals surface area (Å²) in [6.45, 7) is 0.196. The number of hydrogen-bond donors (Lipinski definition) is 2. The van der Waals surface area contributed by atoms with Gasteiger partial charge in [-0.25, -0.2) is 4.79 Å². The molecule has 2 aromatic carbocycles. The molecule has 22 heavy (non-hydrogen) atoms. The maximum absolute atomic E-state index is 11.7. The van der Waals surface area contributed by atoms with Crippen LogP contribution in [0.5, 0.6) is 0 Å². The number of rotatable bonds is 6. The van der Waals surface area contributed by atoms with Crippen LogP contribution >= 0.6 is 0 Å². The Morgan fingerprint density at radius 2 is 1.82 bits per heavy atom. The maximum atomic E-state index is 11.7.